The van der Waals surface area contributed by atoms with E-state index in [1.807, 2.05) is 6.07 Å². The van der Waals surface area contributed by atoms with Crippen molar-refractivity contribution in [3.05, 3.63) is 12.3 Å². The Balaban J connectivity index is 1.45. The van der Waals surface area contributed by atoms with Gasteiger partial charge in [0.2, 0.25) is 5.91 Å². The van der Waals surface area contributed by atoms with Gasteiger partial charge in [-0.05, 0) is 56.9 Å². The average Bonchev–Trinajstić information content (AvgIpc) is 3.45. The number of nitrogens with one attached hydrogen (secondary N) is 1. The van der Waals surface area contributed by atoms with Gasteiger partial charge in [-0.1, -0.05) is 11.3 Å². The fraction of sp³-hybridized carbons (Fsp3) is 0.600. The molecule has 0 atom stereocenters. The molecular weight excluding hydrogens is 358 g/mol. The number of pyridine rings is 1. The number of hydrogen-bond donors (Lipinski definition) is 1. The Morgan fingerprint density at radius 1 is 1.33 bits per heavy atom. The summed E-state index contributed by atoms with van der Waals surface area (Å²) in [5, 5.41) is 12.7. The smallest absolute Gasteiger partial charge is 0.228 e. The summed E-state index contributed by atoms with van der Waals surface area (Å²) in [6.07, 6.45) is 10.0. The fourth-order valence-corrected chi connectivity index (χ4v) is 4.93. The predicted octanol–water partition coefficient (Wildman–Crippen LogP) is 4.34. The predicted molar refractivity (Wildman–Crippen MR) is 108 cm³/mol. The molecule has 0 aliphatic heterocycles. The van der Waals surface area contributed by atoms with Crippen molar-refractivity contribution in [3.63, 3.8) is 0 Å². The lowest BCUT2D eigenvalue weighted by Crippen LogP contribution is -2.35. The molecule has 0 unspecified atom stereocenters. The van der Waals surface area contributed by atoms with Crippen LogP contribution in [0.1, 0.15) is 51.4 Å². The summed E-state index contributed by atoms with van der Waals surface area (Å²) in [4.78, 5) is 23.6. The van der Waals surface area contributed by atoms with E-state index in [9.17, 15) is 4.79 Å². The van der Waals surface area contributed by atoms with Crippen molar-refractivity contribution in [2.24, 2.45) is 11.8 Å². The Hall–Kier alpha value is -2.20. The van der Waals surface area contributed by atoms with Gasteiger partial charge in [0.15, 0.2) is 10.9 Å². The summed E-state index contributed by atoms with van der Waals surface area (Å²) in [5.41, 5.74) is 0.894. The number of carbonyl (C=O) groups is 1. The van der Waals surface area contributed by atoms with Gasteiger partial charge in [-0.2, -0.15) is 5.26 Å². The number of carbonyl (C=O) groups excluding carboxylic acids is 1. The number of aromatic nitrogens is 2. The van der Waals surface area contributed by atoms with Crippen LogP contribution in [0.3, 0.4) is 0 Å². The highest BCUT2D eigenvalue weighted by Gasteiger charge is 2.30. The second kappa shape index (κ2) is 7.81. The molecule has 7 heteroatoms. The largest absolute Gasteiger partial charge is 0.348 e. The van der Waals surface area contributed by atoms with Gasteiger partial charge in [-0.25, -0.2) is 9.97 Å². The summed E-state index contributed by atoms with van der Waals surface area (Å²) >= 11 is 1.61. The van der Waals surface area contributed by atoms with Crippen LogP contribution < -0.4 is 10.2 Å². The van der Waals surface area contributed by atoms with E-state index in [-0.39, 0.29) is 11.8 Å². The number of thiazole rings is 1. The van der Waals surface area contributed by atoms with Crippen molar-refractivity contribution in [2.45, 2.75) is 57.4 Å². The zero-order valence-electron chi connectivity index (χ0n) is 15.6. The van der Waals surface area contributed by atoms with E-state index in [4.69, 9.17) is 10.2 Å². The first-order chi connectivity index (χ1) is 13.2. The van der Waals surface area contributed by atoms with Gasteiger partial charge in [-0.15, -0.1) is 0 Å². The summed E-state index contributed by atoms with van der Waals surface area (Å²) < 4.78 is 0.955. The topological polar surface area (TPSA) is 81.9 Å². The van der Waals surface area contributed by atoms with Crippen molar-refractivity contribution < 1.29 is 4.79 Å². The first kappa shape index (κ1) is 18.2. The SMILES string of the molecule is CN(c1nc2ccnc(NC(=O)C3CC3)c2s1)C1CCC(CCC#N)CC1. The molecule has 0 aromatic carbocycles. The molecule has 2 aliphatic carbocycles. The molecule has 2 aromatic heterocycles. The van der Waals surface area contributed by atoms with Gasteiger partial charge in [0.1, 0.15) is 0 Å². The molecule has 2 aliphatic rings. The van der Waals surface area contributed by atoms with Crippen molar-refractivity contribution in [3.8, 4) is 6.07 Å². The van der Waals surface area contributed by atoms with E-state index in [2.05, 4.69) is 28.3 Å². The Bertz CT molecular complexity index is 861. The van der Waals surface area contributed by atoms with Crippen LogP contribution >= 0.6 is 11.3 Å². The molecule has 2 fully saturated rings. The molecule has 4 rings (SSSR count). The van der Waals surface area contributed by atoms with Crippen LogP contribution in [0.25, 0.3) is 10.2 Å². The molecule has 27 heavy (non-hydrogen) atoms. The van der Waals surface area contributed by atoms with Gasteiger partial charge in [0.05, 0.1) is 16.3 Å². The number of nitriles is 1. The first-order valence-corrected chi connectivity index (χ1v) is 10.6. The minimum absolute atomic E-state index is 0.0778. The number of rotatable bonds is 6. The highest BCUT2D eigenvalue weighted by Crippen LogP contribution is 2.37. The van der Waals surface area contributed by atoms with E-state index >= 15 is 0 Å². The first-order valence-electron chi connectivity index (χ1n) is 9.82. The van der Waals surface area contributed by atoms with Crippen LogP contribution in [-0.2, 0) is 4.79 Å². The average molecular weight is 384 g/mol. The van der Waals surface area contributed by atoms with Crippen LogP contribution in [0.5, 0.6) is 0 Å². The lowest BCUT2D eigenvalue weighted by atomic mass is 9.83. The zero-order chi connectivity index (χ0) is 18.8. The van der Waals surface area contributed by atoms with E-state index < -0.39 is 0 Å². The summed E-state index contributed by atoms with van der Waals surface area (Å²) in [6, 6.07) is 4.66. The Morgan fingerprint density at radius 3 is 2.81 bits per heavy atom. The van der Waals surface area contributed by atoms with Crippen molar-refractivity contribution in [2.75, 3.05) is 17.3 Å². The van der Waals surface area contributed by atoms with E-state index in [0.717, 1.165) is 47.5 Å². The Labute approximate surface area is 163 Å². The summed E-state index contributed by atoms with van der Waals surface area (Å²) in [7, 11) is 2.12. The second-order valence-corrected chi connectivity index (χ2v) is 8.73. The van der Waals surface area contributed by atoms with Crippen LogP contribution in [0.2, 0.25) is 0 Å². The van der Waals surface area contributed by atoms with Crippen molar-refractivity contribution in [1.29, 1.82) is 5.26 Å². The van der Waals surface area contributed by atoms with Gasteiger partial charge in [-0.3, -0.25) is 4.79 Å². The molecular formula is C20H25N5OS. The van der Waals surface area contributed by atoms with E-state index in [1.54, 1.807) is 17.5 Å². The van der Waals surface area contributed by atoms with Crippen LogP contribution in [-0.4, -0.2) is 29.0 Å². The van der Waals surface area contributed by atoms with Gasteiger partial charge in [0, 0.05) is 31.6 Å². The molecule has 2 heterocycles. The number of fused-ring (bicyclic) bond motifs is 1. The number of anilines is 2. The van der Waals surface area contributed by atoms with Crippen molar-refractivity contribution in [1.82, 2.24) is 9.97 Å². The molecule has 0 bridgehead atoms. The van der Waals surface area contributed by atoms with Crippen molar-refractivity contribution >= 4 is 38.4 Å². The number of nitrogens with zero attached hydrogens (tertiary/aromatic N) is 4. The molecule has 0 spiro atoms. The molecule has 2 aromatic rings. The zero-order valence-corrected chi connectivity index (χ0v) is 16.5. The molecule has 142 valence electrons. The molecule has 6 nitrogen and oxygen atoms in total. The Kier molecular flexibility index (Phi) is 5.26. The summed E-state index contributed by atoms with van der Waals surface area (Å²) in [6.45, 7) is 0. The maximum Gasteiger partial charge on any atom is 0.228 e. The van der Waals surface area contributed by atoms with Gasteiger partial charge < -0.3 is 10.2 Å². The minimum Gasteiger partial charge on any atom is -0.348 e. The lowest BCUT2D eigenvalue weighted by molar-refractivity contribution is -0.117. The Morgan fingerprint density at radius 2 is 2.11 bits per heavy atom. The van der Waals surface area contributed by atoms with Gasteiger partial charge in [0.25, 0.3) is 0 Å². The third-order valence-corrected chi connectivity index (χ3v) is 6.98. The molecule has 2 saturated carbocycles. The summed E-state index contributed by atoms with van der Waals surface area (Å²) in [5.74, 6) is 1.57. The number of hydrogen-bond acceptors (Lipinski definition) is 6. The molecule has 0 radical (unpaired) electrons. The maximum atomic E-state index is 12.1. The molecule has 0 saturated heterocycles. The third kappa shape index (κ3) is 4.06. The normalized spacial score (nSPS) is 22.4. The second-order valence-electron chi connectivity index (χ2n) is 7.75. The number of amides is 1. The molecule has 1 N–H and O–H groups in total. The monoisotopic (exact) mass is 383 g/mol. The van der Waals surface area contributed by atoms with Crippen LogP contribution in [0.4, 0.5) is 10.9 Å². The molecule has 1 amide bonds. The highest BCUT2D eigenvalue weighted by atomic mass is 32.1. The quantitative estimate of drug-likeness (QED) is 0.802. The van der Waals surface area contributed by atoms with Crippen LogP contribution in [0, 0.1) is 23.2 Å². The maximum absolute atomic E-state index is 12.1. The minimum atomic E-state index is 0.0778. The van der Waals surface area contributed by atoms with E-state index in [0.29, 0.717) is 24.2 Å². The standard InChI is InChI=1S/C20H25N5OS/c1-25(15-8-4-13(5-9-15)3-2-11-21)20-23-16-10-12-22-18(17(16)27-20)24-19(26)14-6-7-14/h10,12-15H,2-9H2,1H3,(H,22,24,26). The van der Waals surface area contributed by atoms with E-state index in [1.165, 1.54) is 12.8 Å². The highest BCUT2D eigenvalue weighted by molar-refractivity contribution is 7.22. The van der Waals surface area contributed by atoms with Gasteiger partial charge >= 0.3 is 0 Å². The third-order valence-electron chi connectivity index (χ3n) is 5.81. The van der Waals surface area contributed by atoms with Crippen LogP contribution in [0.15, 0.2) is 12.3 Å². The fourth-order valence-electron chi connectivity index (χ4n) is 3.89. The lowest BCUT2D eigenvalue weighted by Gasteiger charge is -2.34.